The number of furan rings is 1. The standard InChI is InChI=1S/C19H16O3S/c1-14-7-12-19(23-14)18(20)11-10-16-8-9-17(22-16)13-21-15-5-3-2-4-6-15/h2-12H,13H2,1H3/b11-10+. The molecule has 2 aromatic heterocycles. The molecule has 0 saturated heterocycles. The molecule has 1 aromatic carbocycles. The van der Waals surface area contributed by atoms with Crippen LogP contribution in [0.4, 0.5) is 0 Å². The van der Waals surface area contributed by atoms with Gasteiger partial charge in [0.2, 0.25) is 0 Å². The number of ketones is 1. The second kappa shape index (κ2) is 7.11. The van der Waals surface area contributed by atoms with E-state index in [0.717, 1.165) is 15.5 Å². The summed E-state index contributed by atoms with van der Waals surface area (Å²) in [5, 5.41) is 0. The second-order valence-electron chi connectivity index (χ2n) is 5.01. The van der Waals surface area contributed by atoms with E-state index in [1.54, 1.807) is 6.08 Å². The molecule has 0 atom stereocenters. The van der Waals surface area contributed by atoms with Gasteiger partial charge in [0, 0.05) is 4.88 Å². The predicted octanol–water partition coefficient (Wildman–Crippen LogP) is 5.12. The Bertz CT molecular complexity index is 812. The number of aryl methyl sites for hydroxylation is 1. The van der Waals surface area contributed by atoms with E-state index < -0.39 is 0 Å². The molecule has 0 amide bonds. The molecular formula is C19H16O3S. The Morgan fingerprint density at radius 1 is 1.13 bits per heavy atom. The Kier molecular flexibility index (Phi) is 4.74. The Labute approximate surface area is 138 Å². The van der Waals surface area contributed by atoms with Gasteiger partial charge in [-0.3, -0.25) is 4.79 Å². The molecule has 0 radical (unpaired) electrons. The lowest BCUT2D eigenvalue weighted by Crippen LogP contribution is -1.92. The third kappa shape index (κ3) is 4.20. The smallest absolute Gasteiger partial charge is 0.195 e. The molecule has 0 N–H and O–H groups in total. The van der Waals surface area contributed by atoms with Gasteiger partial charge >= 0.3 is 0 Å². The number of carbonyl (C=O) groups excluding carboxylic acids is 1. The van der Waals surface area contributed by atoms with Gasteiger partial charge < -0.3 is 9.15 Å². The highest BCUT2D eigenvalue weighted by Crippen LogP contribution is 2.18. The van der Waals surface area contributed by atoms with Gasteiger partial charge in [0.05, 0.1) is 4.88 Å². The number of carbonyl (C=O) groups is 1. The summed E-state index contributed by atoms with van der Waals surface area (Å²) >= 11 is 1.49. The van der Waals surface area contributed by atoms with Gasteiger partial charge in [-0.15, -0.1) is 11.3 Å². The summed E-state index contributed by atoms with van der Waals surface area (Å²) in [6, 6.07) is 17.0. The number of para-hydroxylation sites is 1. The van der Waals surface area contributed by atoms with Crippen LogP contribution in [0.15, 0.2) is 65.1 Å². The predicted molar refractivity (Wildman–Crippen MR) is 91.9 cm³/mol. The molecule has 0 spiro atoms. The van der Waals surface area contributed by atoms with Crippen LogP contribution in [0.3, 0.4) is 0 Å². The van der Waals surface area contributed by atoms with E-state index in [1.807, 2.05) is 61.5 Å². The zero-order chi connectivity index (χ0) is 16.1. The lowest BCUT2D eigenvalue weighted by atomic mass is 10.3. The molecule has 2 heterocycles. The molecule has 0 aliphatic carbocycles. The molecule has 3 aromatic rings. The van der Waals surface area contributed by atoms with Crippen LogP contribution in [0.2, 0.25) is 0 Å². The van der Waals surface area contributed by atoms with Crippen LogP contribution in [0.5, 0.6) is 5.75 Å². The molecule has 23 heavy (non-hydrogen) atoms. The van der Waals surface area contributed by atoms with Gasteiger partial charge in [0.25, 0.3) is 0 Å². The molecule has 116 valence electrons. The topological polar surface area (TPSA) is 39.4 Å². The van der Waals surface area contributed by atoms with Crippen molar-refractivity contribution in [2.75, 3.05) is 0 Å². The minimum atomic E-state index is -0.0124. The maximum atomic E-state index is 12.0. The van der Waals surface area contributed by atoms with Gasteiger partial charge in [-0.2, -0.15) is 0 Å². The third-order valence-corrected chi connectivity index (χ3v) is 4.20. The van der Waals surface area contributed by atoms with Gasteiger partial charge in [-0.25, -0.2) is 0 Å². The van der Waals surface area contributed by atoms with E-state index in [-0.39, 0.29) is 5.78 Å². The van der Waals surface area contributed by atoms with Crippen molar-refractivity contribution in [2.45, 2.75) is 13.5 Å². The van der Waals surface area contributed by atoms with E-state index in [1.165, 1.54) is 17.4 Å². The summed E-state index contributed by atoms with van der Waals surface area (Å²) in [5.41, 5.74) is 0. The van der Waals surface area contributed by atoms with Crippen LogP contribution in [-0.2, 0) is 6.61 Å². The van der Waals surface area contributed by atoms with Crippen LogP contribution in [0.1, 0.15) is 26.1 Å². The quantitative estimate of drug-likeness (QED) is 0.466. The van der Waals surface area contributed by atoms with Gasteiger partial charge in [-0.1, -0.05) is 18.2 Å². The highest BCUT2D eigenvalue weighted by atomic mass is 32.1. The summed E-state index contributed by atoms with van der Waals surface area (Å²) < 4.78 is 11.3. The van der Waals surface area contributed by atoms with E-state index in [0.29, 0.717) is 18.1 Å². The molecule has 0 fully saturated rings. The number of benzene rings is 1. The van der Waals surface area contributed by atoms with Crippen LogP contribution >= 0.6 is 11.3 Å². The number of hydrogen-bond acceptors (Lipinski definition) is 4. The lowest BCUT2D eigenvalue weighted by Gasteiger charge is -2.02. The van der Waals surface area contributed by atoms with E-state index in [2.05, 4.69) is 0 Å². The van der Waals surface area contributed by atoms with Crippen LogP contribution in [0.25, 0.3) is 6.08 Å². The number of thiophene rings is 1. The van der Waals surface area contributed by atoms with Gasteiger partial charge in [-0.05, 0) is 55.5 Å². The van der Waals surface area contributed by atoms with Crippen molar-refractivity contribution in [3.05, 3.63) is 81.9 Å². The lowest BCUT2D eigenvalue weighted by molar-refractivity contribution is 0.105. The SMILES string of the molecule is Cc1ccc(C(=O)/C=C/c2ccc(COc3ccccc3)o2)s1. The Hall–Kier alpha value is -2.59. The van der Waals surface area contributed by atoms with Crippen LogP contribution in [0, 0.1) is 6.92 Å². The average Bonchev–Trinajstić information content (AvgIpc) is 3.21. The molecule has 3 nitrogen and oxygen atoms in total. The fraction of sp³-hybridized carbons (Fsp3) is 0.105. The zero-order valence-corrected chi connectivity index (χ0v) is 13.5. The van der Waals surface area contributed by atoms with Crippen molar-refractivity contribution in [1.82, 2.24) is 0 Å². The summed E-state index contributed by atoms with van der Waals surface area (Å²) in [5.74, 6) is 2.14. The number of allylic oxidation sites excluding steroid dienone is 1. The van der Waals surface area contributed by atoms with Crippen molar-refractivity contribution >= 4 is 23.2 Å². The number of ether oxygens (including phenoxy) is 1. The van der Waals surface area contributed by atoms with Crippen molar-refractivity contribution in [3.8, 4) is 5.75 Å². The first kappa shape index (κ1) is 15.3. The van der Waals surface area contributed by atoms with Gasteiger partial charge in [0.1, 0.15) is 23.9 Å². The Morgan fingerprint density at radius 2 is 1.96 bits per heavy atom. The first-order valence-corrected chi connectivity index (χ1v) is 8.08. The van der Waals surface area contributed by atoms with Crippen molar-refractivity contribution in [3.63, 3.8) is 0 Å². The minimum absolute atomic E-state index is 0.0124. The summed E-state index contributed by atoms with van der Waals surface area (Å²) in [4.78, 5) is 13.9. The Morgan fingerprint density at radius 3 is 2.70 bits per heavy atom. The van der Waals surface area contributed by atoms with Crippen molar-refractivity contribution < 1.29 is 13.9 Å². The first-order chi connectivity index (χ1) is 11.2. The molecule has 0 saturated carbocycles. The highest BCUT2D eigenvalue weighted by molar-refractivity contribution is 7.14. The largest absolute Gasteiger partial charge is 0.486 e. The van der Waals surface area contributed by atoms with Crippen molar-refractivity contribution in [1.29, 1.82) is 0 Å². The summed E-state index contributed by atoms with van der Waals surface area (Å²) in [6.45, 7) is 2.34. The van der Waals surface area contributed by atoms with E-state index >= 15 is 0 Å². The monoisotopic (exact) mass is 324 g/mol. The molecule has 0 aliphatic heterocycles. The molecular weight excluding hydrogens is 308 g/mol. The maximum absolute atomic E-state index is 12.0. The molecule has 0 unspecified atom stereocenters. The van der Waals surface area contributed by atoms with Gasteiger partial charge in [0.15, 0.2) is 5.78 Å². The Balaban J connectivity index is 1.58. The highest BCUT2D eigenvalue weighted by Gasteiger charge is 2.05. The molecule has 4 heteroatoms. The fourth-order valence-corrected chi connectivity index (χ4v) is 2.83. The second-order valence-corrected chi connectivity index (χ2v) is 6.30. The first-order valence-electron chi connectivity index (χ1n) is 7.26. The third-order valence-electron chi connectivity index (χ3n) is 3.19. The van der Waals surface area contributed by atoms with E-state index in [4.69, 9.17) is 9.15 Å². The normalized spacial score (nSPS) is 11.0. The number of rotatable bonds is 6. The molecule has 0 bridgehead atoms. The minimum Gasteiger partial charge on any atom is -0.486 e. The maximum Gasteiger partial charge on any atom is 0.195 e. The summed E-state index contributed by atoms with van der Waals surface area (Å²) in [7, 11) is 0. The van der Waals surface area contributed by atoms with Crippen LogP contribution in [-0.4, -0.2) is 5.78 Å². The average molecular weight is 324 g/mol. The fourth-order valence-electron chi connectivity index (χ4n) is 2.04. The summed E-state index contributed by atoms with van der Waals surface area (Å²) in [6.07, 6.45) is 3.22. The van der Waals surface area contributed by atoms with Crippen LogP contribution < -0.4 is 4.74 Å². The molecule has 0 aliphatic rings. The number of hydrogen-bond donors (Lipinski definition) is 0. The van der Waals surface area contributed by atoms with E-state index in [9.17, 15) is 4.79 Å². The zero-order valence-electron chi connectivity index (χ0n) is 12.7. The molecule has 3 rings (SSSR count). The van der Waals surface area contributed by atoms with Crippen molar-refractivity contribution in [2.24, 2.45) is 0 Å².